The first-order valence-corrected chi connectivity index (χ1v) is 8.89. The van der Waals surface area contributed by atoms with Crippen molar-refractivity contribution in [3.05, 3.63) is 42.0 Å². The number of hydrogen-bond donors (Lipinski definition) is 1. The molecule has 3 rings (SSSR count). The van der Waals surface area contributed by atoms with Crippen molar-refractivity contribution in [1.82, 2.24) is 9.80 Å². The Morgan fingerprint density at radius 3 is 2.54 bits per heavy atom. The van der Waals surface area contributed by atoms with E-state index in [0.29, 0.717) is 31.6 Å². The van der Waals surface area contributed by atoms with Crippen LogP contribution < -0.4 is 5.32 Å². The molecule has 0 bridgehead atoms. The summed E-state index contributed by atoms with van der Waals surface area (Å²) in [6, 6.07) is 4.46. The van der Waals surface area contributed by atoms with Crippen molar-refractivity contribution in [2.75, 3.05) is 18.4 Å². The summed E-state index contributed by atoms with van der Waals surface area (Å²) < 4.78 is 37.2. The lowest BCUT2D eigenvalue weighted by molar-refractivity contribution is -0.167. The van der Waals surface area contributed by atoms with E-state index in [1.165, 1.54) is 18.2 Å². The van der Waals surface area contributed by atoms with E-state index in [9.17, 15) is 27.6 Å². The first-order chi connectivity index (χ1) is 13.2. The van der Waals surface area contributed by atoms with E-state index in [2.05, 4.69) is 6.58 Å². The molecule has 2 aliphatic heterocycles. The van der Waals surface area contributed by atoms with Crippen LogP contribution in [0.15, 0.2) is 30.9 Å². The van der Waals surface area contributed by atoms with E-state index >= 15 is 0 Å². The summed E-state index contributed by atoms with van der Waals surface area (Å²) in [5, 5.41) is 1.82. The molecule has 0 radical (unpaired) electrons. The highest BCUT2D eigenvalue weighted by atomic mass is 19.4. The summed E-state index contributed by atoms with van der Waals surface area (Å²) in [4.78, 5) is 39.0. The van der Waals surface area contributed by atoms with Gasteiger partial charge in [0.1, 0.15) is 0 Å². The van der Waals surface area contributed by atoms with Gasteiger partial charge < -0.3 is 15.1 Å². The lowest BCUT2D eigenvalue weighted by Crippen LogP contribution is -2.45. The molecule has 0 aromatic heterocycles. The Morgan fingerprint density at radius 1 is 1.14 bits per heavy atom. The molecule has 0 spiro atoms. The van der Waals surface area contributed by atoms with E-state index in [4.69, 9.17) is 0 Å². The van der Waals surface area contributed by atoms with Gasteiger partial charge in [-0.2, -0.15) is 13.2 Å². The maximum atomic E-state index is 12.9. The van der Waals surface area contributed by atoms with Gasteiger partial charge in [0, 0.05) is 31.9 Å². The van der Waals surface area contributed by atoms with Gasteiger partial charge in [0.25, 0.3) is 0 Å². The van der Waals surface area contributed by atoms with Crippen molar-refractivity contribution < 1.29 is 27.6 Å². The summed E-state index contributed by atoms with van der Waals surface area (Å²) in [5.41, 5.74) is 1.56. The van der Waals surface area contributed by atoms with Crippen molar-refractivity contribution in [1.29, 1.82) is 0 Å². The van der Waals surface area contributed by atoms with Crippen LogP contribution in [-0.4, -0.2) is 46.8 Å². The van der Waals surface area contributed by atoms with Gasteiger partial charge >= 0.3 is 12.1 Å². The monoisotopic (exact) mass is 395 g/mol. The maximum absolute atomic E-state index is 12.9. The van der Waals surface area contributed by atoms with Gasteiger partial charge in [-0.15, -0.1) is 0 Å². The number of amides is 3. The first-order valence-electron chi connectivity index (χ1n) is 8.89. The Morgan fingerprint density at radius 2 is 1.86 bits per heavy atom. The van der Waals surface area contributed by atoms with E-state index in [0.717, 1.165) is 12.0 Å². The number of rotatable bonds is 3. The van der Waals surface area contributed by atoms with Crippen LogP contribution in [0.4, 0.5) is 18.9 Å². The third-order valence-corrected chi connectivity index (χ3v) is 5.01. The largest absolute Gasteiger partial charge is 0.471 e. The van der Waals surface area contributed by atoms with Gasteiger partial charge in [-0.1, -0.05) is 12.6 Å². The van der Waals surface area contributed by atoms with Crippen molar-refractivity contribution >= 4 is 23.4 Å². The number of alkyl halides is 3. The highest BCUT2D eigenvalue weighted by Gasteiger charge is 2.39. The van der Waals surface area contributed by atoms with Crippen LogP contribution in [-0.2, 0) is 27.5 Å². The van der Waals surface area contributed by atoms with E-state index in [1.807, 2.05) is 5.32 Å². The van der Waals surface area contributed by atoms with Gasteiger partial charge in [-0.25, -0.2) is 0 Å². The van der Waals surface area contributed by atoms with Crippen LogP contribution in [0.2, 0.25) is 0 Å². The molecule has 150 valence electrons. The second-order valence-corrected chi connectivity index (χ2v) is 6.96. The lowest BCUT2D eigenvalue weighted by Gasteiger charge is -2.33. The zero-order valence-corrected chi connectivity index (χ0v) is 15.1. The quantitative estimate of drug-likeness (QED) is 0.800. The van der Waals surface area contributed by atoms with E-state index < -0.39 is 12.1 Å². The molecule has 2 heterocycles. The van der Waals surface area contributed by atoms with Crippen LogP contribution in [0.3, 0.4) is 0 Å². The van der Waals surface area contributed by atoms with Gasteiger partial charge in [-0.05, 0) is 42.2 Å². The van der Waals surface area contributed by atoms with Gasteiger partial charge in [0.05, 0.1) is 5.92 Å². The molecule has 6 nitrogen and oxygen atoms in total. The number of piperidine rings is 1. The van der Waals surface area contributed by atoms with Crippen LogP contribution in [0, 0.1) is 5.92 Å². The molecule has 28 heavy (non-hydrogen) atoms. The summed E-state index contributed by atoms with van der Waals surface area (Å²) in [5.74, 6) is -2.63. The molecular weight excluding hydrogens is 375 g/mol. The second kappa shape index (κ2) is 7.65. The Labute approximate surface area is 160 Å². The molecule has 0 saturated carbocycles. The Hall–Kier alpha value is -2.84. The molecule has 2 aliphatic rings. The Balaban J connectivity index is 1.65. The molecule has 1 aromatic rings. The molecular formula is C19H20F3N3O3. The summed E-state index contributed by atoms with van der Waals surface area (Å²) in [6.45, 7) is 5.01. The number of fused-ring (bicyclic) bond motifs is 1. The average Bonchev–Trinajstić information content (AvgIpc) is 3.09. The first kappa shape index (κ1) is 19.9. The zero-order chi connectivity index (χ0) is 20.5. The SMILES string of the molecule is C=CC(=O)N1CCCC(C(=O)N2Cc3ccc(NC(=O)C(F)(F)F)cc3C2)C1. The van der Waals surface area contributed by atoms with Crippen LogP contribution in [0.1, 0.15) is 24.0 Å². The molecule has 1 N–H and O–H groups in total. The van der Waals surface area contributed by atoms with Crippen molar-refractivity contribution in [2.45, 2.75) is 32.1 Å². The fourth-order valence-electron chi connectivity index (χ4n) is 3.60. The Kier molecular flexibility index (Phi) is 5.44. The van der Waals surface area contributed by atoms with Gasteiger partial charge in [-0.3, -0.25) is 14.4 Å². The Bertz CT molecular complexity index is 822. The molecule has 3 amide bonds. The minimum Gasteiger partial charge on any atom is -0.338 e. The zero-order valence-electron chi connectivity index (χ0n) is 15.1. The van der Waals surface area contributed by atoms with Gasteiger partial charge in [0.2, 0.25) is 11.8 Å². The smallest absolute Gasteiger partial charge is 0.338 e. The minimum atomic E-state index is -4.96. The standard InChI is InChI=1S/C19H20F3N3O3/c1-2-16(26)24-7-3-4-13(10-24)17(27)25-9-12-5-6-15(8-14(12)11-25)23-18(28)19(20,21)22/h2,5-6,8,13H,1,3-4,7,9-11H2,(H,23,28). The van der Waals surface area contributed by atoms with E-state index in [1.54, 1.807) is 15.9 Å². The van der Waals surface area contributed by atoms with Crippen LogP contribution in [0.5, 0.6) is 0 Å². The molecule has 0 aliphatic carbocycles. The van der Waals surface area contributed by atoms with Crippen LogP contribution >= 0.6 is 0 Å². The lowest BCUT2D eigenvalue weighted by atomic mass is 9.96. The molecule has 1 saturated heterocycles. The molecule has 1 fully saturated rings. The van der Waals surface area contributed by atoms with Crippen LogP contribution in [0.25, 0.3) is 0 Å². The molecule has 1 atom stereocenters. The summed E-state index contributed by atoms with van der Waals surface area (Å²) >= 11 is 0. The number of nitrogens with zero attached hydrogens (tertiary/aromatic N) is 2. The molecule has 9 heteroatoms. The number of likely N-dealkylation sites (tertiary alicyclic amines) is 1. The summed E-state index contributed by atoms with van der Waals surface area (Å²) in [7, 11) is 0. The topological polar surface area (TPSA) is 69.7 Å². The number of benzene rings is 1. The van der Waals surface area contributed by atoms with Crippen molar-refractivity contribution in [3.8, 4) is 0 Å². The predicted molar refractivity (Wildman–Crippen MR) is 94.9 cm³/mol. The number of hydrogen-bond acceptors (Lipinski definition) is 3. The normalized spacial score (nSPS) is 19.2. The fraction of sp³-hybridized carbons (Fsp3) is 0.421. The van der Waals surface area contributed by atoms with Crippen molar-refractivity contribution in [2.24, 2.45) is 5.92 Å². The number of carbonyl (C=O) groups excluding carboxylic acids is 3. The molecule has 1 unspecified atom stereocenters. The second-order valence-electron chi connectivity index (χ2n) is 6.96. The third-order valence-electron chi connectivity index (χ3n) is 5.01. The van der Waals surface area contributed by atoms with E-state index in [-0.39, 0.29) is 30.0 Å². The number of halogens is 3. The third kappa shape index (κ3) is 4.18. The number of nitrogens with one attached hydrogen (secondary N) is 1. The highest BCUT2D eigenvalue weighted by molar-refractivity contribution is 5.95. The number of anilines is 1. The highest BCUT2D eigenvalue weighted by Crippen LogP contribution is 2.29. The van der Waals surface area contributed by atoms with Gasteiger partial charge in [0.15, 0.2) is 0 Å². The minimum absolute atomic E-state index is 0.0378. The predicted octanol–water partition coefficient (Wildman–Crippen LogP) is 2.45. The fourth-order valence-corrected chi connectivity index (χ4v) is 3.60. The average molecular weight is 395 g/mol. The van der Waals surface area contributed by atoms with Crippen molar-refractivity contribution in [3.63, 3.8) is 0 Å². The maximum Gasteiger partial charge on any atom is 0.471 e. The molecule has 1 aromatic carbocycles. The summed E-state index contributed by atoms with van der Waals surface area (Å²) in [6.07, 6.45) is -2.32. The number of carbonyl (C=O) groups is 3.